The summed E-state index contributed by atoms with van der Waals surface area (Å²) >= 11 is 0. The number of aryl methyl sites for hydroxylation is 1. The summed E-state index contributed by atoms with van der Waals surface area (Å²) in [5.41, 5.74) is 6.82. The third kappa shape index (κ3) is 4.35. The molecule has 0 spiro atoms. The van der Waals surface area contributed by atoms with Crippen molar-refractivity contribution in [1.29, 1.82) is 0 Å². The van der Waals surface area contributed by atoms with E-state index in [-0.39, 0.29) is 0 Å². The molecule has 14 heavy (non-hydrogen) atoms. The molecule has 1 aromatic heterocycles. The van der Waals surface area contributed by atoms with E-state index in [1.54, 1.807) is 0 Å². The highest BCUT2D eigenvalue weighted by atomic mass is 15.1. The van der Waals surface area contributed by atoms with Gasteiger partial charge in [0, 0.05) is 25.5 Å². The first-order valence-electron chi connectivity index (χ1n) is 5.10. The zero-order chi connectivity index (χ0) is 10.2. The molecular weight excluding hydrogens is 174 g/mol. The van der Waals surface area contributed by atoms with Crippen molar-refractivity contribution in [3.05, 3.63) is 30.1 Å². The second-order valence-corrected chi connectivity index (χ2v) is 3.55. The molecule has 0 aromatic carbocycles. The lowest BCUT2D eigenvalue weighted by Gasteiger charge is -2.14. The summed E-state index contributed by atoms with van der Waals surface area (Å²) in [6.07, 6.45) is 6.00. The van der Waals surface area contributed by atoms with Crippen molar-refractivity contribution < 1.29 is 0 Å². The minimum Gasteiger partial charge on any atom is -0.329 e. The summed E-state index contributed by atoms with van der Waals surface area (Å²) in [5.74, 6) is 0. The van der Waals surface area contributed by atoms with Crippen molar-refractivity contribution in [2.24, 2.45) is 5.73 Å². The smallest absolute Gasteiger partial charge is 0.0270 e. The Kier molecular flexibility index (Phi) is 5.19. The van der Waals surface area contributed by atoms with Gasteiger partial charge in [-0.05, 0) is 44.1 Å². The van der Waals surface area contributed by atoms with Crippen LogP contribution in [-0.2, 0) is 6.42 Å². The van der Waals surface area contributed by atoms with Crippen molar-refractivity contribution >= 4 is 0 Å². The Morgan fingerprint density at radius 1 is 1.29 bits per heavy atom. The molecule has 3 nitrogen and oxygen atoms in total. The third-order valence-corrected chi connectivity index (χ3v) is 2.27. The highest BCUT2D eigenvalue weighted by Crippen LogP contribution is 2.01. The zero-order valence-corrected chi connectivity index (χ0v) is 8.82. The summed E-state index contributed by atoms with van der Waals surface area (Å²) in [7, 11) is 2.11. The minimum absolute atomic E-state index is 0.742. The topological polar surface area (TPSA) is 42.1 Å². The van der Waals surface area contributed by atoms with Gasteiger partial charge in [0.05, 0.1) is 0 Å². The van der Waals surface area contributed by atoms with Crippen LogP contribution in [0.4, 0.5) is 0 Å². The quantitative estimate of drug-likeness (QED) is 0.730. The Morgan fingerprint density at radius 3 is 2.64 bits per heavy atom. The van der Waals surface area contributed by atoms with Crippen LogP contribution in [0.25, 0.3) is 0 Å². The molecule has 0 saturated carbocycles. The zero-order valence-electron chi connectivity index (χ0n) is 8.82. The van der Waals surface area contributed by atoms with Crippen LogP contribution < -0.4 is 5.73 Å². The normalized spacial score (nSPS) is 10.8. The second-order valence-electron chi connectivity index (χ2n) is 3.55. The summed E-state index contributed by atoms with van der Waals surface area (Å²) in [4.78, 5) is 6.26. The largest absolute Gasteiger partial charge is 0.329 e. The maximum absolute atomic E-state index is 5.46. The predicted molar refractivity (Wildman–Crippen MR) is 59.1 cm³/mol. The third-order valence-electron chi connectivity index (χ3n) is 2.27. The summed E-state index contributed by atoms with van der Waals surface area (Å²) in [5, 5.41) is 0. The first-order chi connectivity index (χ1) is 6.83. The van der Waals surface area contributed by atoms with E-state index in [9.17, 15) is 0 Å². The molecule has 0 atom stereocenters. The molecule has 78 valence electrons. The van der Waals surface area contributed by atoms with Crippen LogP contribution in [0.5, 0.6) is 0 Å². The van der Waals surface area contributed by atoms with Crippen LogP contribution in [-0.4, -0.2) is 36.6 Å². The Morgan fingerprint density at radius 2 is 2.00 bits per heavy atom. The number of nitrogens with zero attached hydrogens (tertiary/aromatic N) is 2. The molecule has 0 unspecified atom stereocenters. The highest BCUT2D eigenvalue weighted by Gasteiger charge is 1.96. The first kappa shape index (κ1) is 11.1. The molecule has 0 radical (unpaired) electrons. The number of pyridine rings is 1. The lowest BCUT2D eigenvalue weighted by Crippen LogP contribution is -2.26. The van der Waals surface area contributed by atoms with Gasteiger partial charge in [-0.15, -0.1) is 0 Å². The van der Waals surface area contributed by atoms with Crippen LogP contribution in [0.2, 0.25) is 0 Å². The molecule has 0 amide bonds. The molecule has 1 aromatic rings. The van der Waals surface area contributed by atoms with Crippen molar-refractivity contribution in [3.8, 4) is 0 Å². The van der Waals surface area contributed by atoms with Crippen molar-refractivity contribution in [2.75, 3.05) is 26.7 Å². The summed E-state index contributed by atoms with van der Waals surface area (Å²) in [6.45, 7) is 2.83. The molecule has 0 bridgehead atoms. The predicted octanol–water partition coefficient (Wildman–Crippen LogP) is 0.905. The number of hydrogen-bond donors (Lipinski definition) is 1. The molecule has 1 rings (SSSR count). The van der Waals surface area contributed by atoms with Gasteiger partial charge in [0.25, 0.3) is 0 Å². The second kappa shape index (κ2) is 6.51. The molecule has 0 saturated heterocycles. The van der Waals surface area contributed by atoms with Crippen molar-refractivity contribution in [2.45, 2.75) is 12.8 Å². The molecule has 0 aliphatic carbocycles. The van der Waals surface area contributed by atoms with Crippen LogP contribution in [0, 0.1) is 0 Å². The number of aromatic nitrogens is 1. The lowest BCUT2D eigenvalue weighted by molar-refractivity contribution is 0.338. The van der Waals surface area contributed by atoms with E-state index < -0.39 is 0 Å². The lowest BCUT2D eigenvalue weighted by atomic mass is 10.1. The van der Waals surface area contributed by atoms with Gasteiger partial charge < -0.3 is 10.6 Å². The summed E-state index contributed by atoms with van der Waals surface area (Å²) < 4.78 is 0. The van der Waals surface area contributed by atoms with Gasteiger partial charge in [-0.25, -0.2) is 0 Å². The Balaban J connectivity index is 2.16. The van der Waals surface area contributed by atoms with Gasteiger partial charge in [-0.2, -0.15) is 0 Å². The van der Waals surface area contributed by atoms with Crippen LogP contribution >= 0.6 is 0 Å². The first-order valence-corrected chi connectivity index (χ1v) is 5.10. The van der Waals surface area contributed by atoms with E-state index in [1.807, 2.05) is 12.4 Å². The molecule has 2 N–H and O–H groups in total. The average Bonchev–Trinajstić information content (AvgIpc) is 2.20. The molecule has 0 fully saturated rings. The number of hydrogen-bond acceptors (Lipinski definition) is 3. The number of rotatable bonds is 6. The van der Waals surface area contributed by atoms with E-state index >= 15 is 0 Å². The molecule has 0 aliphatic heterocycles. The van der Waals surface area contributed by atoms with Crippen molar-refractivity contribution in [3.63, 3.8) is 0 Å². The number of likely N-dealkylation sites (N-methyl/N-ethyl adjacent to an activating group) is 1. The van der Waals surface area contributed by atoms with Crippen LogP contribution in [0.3, 0.4) is 0 Å². The maximum Gasteiger partial charge on any atom is 0.0270 e. The fourth-order valence-electron chi connectivity index (χ4n) is 1.43. The highest BCUT2D eigenvalue weighted by molar-refractivity contribution is 5.09. The van der Waals surface area contributed by atoms with Gasteiger partial charge in [0.2, 0.25) is 0 Å². The fourth-order valence-corrected chi connectivity index (χ4v) is 1.43. The molecule has 1 heterocycles. The van der Waals surface area contributed by atoms with E-state index in [0.717, 1.165) is 26.1 Å². The fraction of sp³-hybridized carbons (Fsp3) is 0.545. The Labute approximate surface area is 85.9 Å². The SMILES string of the molecule is CN(CCN)CCCc1ccncc1. The van der Waals surface area contributed by atoms with E-state index in [0.29, 0.717) is 0 Å². The van der Waals surface area contributed by atoms with Gasteiger partial charge >= 0.3 is 0 Å². The van der Waals surface area contributed by atoms with E-state index in [2.05, 4.69) is 29.1 Å². The van der Waals surface area contributed by atoms with Gasteiger partial charge in [0.1, 0.15) is 0 Å². The van der Waals surface area contributed by atoms with Gasteiger partial charge in [-0.1, -0.05) is 0 Å². The van der Waals surface area contributed by atoms with E-state index in [4.69, 9.17) is 5.73 Å². The maximum atomic E-state index is 5.46. The molecular formula is C11H19N3. The van der Waals surface area contributed by atoms with Gasteiger partial charge in [-0.3, -0.25) is 4.98 Å². The van der Waals surface area contributed by atoms with Crippen molar-refractivity contribution in [1.82, 2.24) is 9.88 Å². The molecule has 3 heteroatoms. The summed E-state index contributed by atoms with van der Waals surface area (Å²) in [6, 6.07) is 4.14. The van der Waals surface area contributed by atoms with Crippen LogP contribution in [0.15, 0.2) is 24.5 Å². The number of nitrogens with two attached hydrogens (primary N) is 1. The molecule has 0 aliphatic rings. The standard InChI is InChI=1S/C11H19N3/c1-14(10-6-12)9-2-3-11-4-7-13-8-5-11/h4-5,7-8H,2-3,6,9-10,12H2,1H3. The van der Waals surface area contributed by atoms with Crippen LogP contribution in [0.1, 0.15) is 12.0 Å². The average molecular weight is 193 g/mol. The van der Waals surface area contributed by atoms with Gasteiger partial charge in [0.15, 0.2) is 0 Å². The van der Waals surface area contributed by atoms with E-state index in [1.165, 1.54) is 12.0 Å². The minimum atomic E-state index is 0.742. The Hall–Kier alpha value is -0.930. The monoisotopic (exact) mass is 193 g/mol. The Bertz CT molecular complexity index is 236.